The molecule has 4 heterocycles. The molecule has 0 bridgehead atoms. The van der Waals surface area contributed by atoms with E-state index in [2.05, 4.69) is 31.6 Å². The monoisotopic (exact) mass is 537 g/mol. The summed E-state index contributed by atoms with van der Waals surface area (Å²) in [6, 6.07) is 5.74. The van der Waals surface area contributed by atoms with Crippen LogP contribution in [0.15, 0.2) is 30.5 Å². The normalized spacial score (nSPS) is 20.8. The molecular formula is C25H34F3N7OS. The van der Waals surface area contributed by atoms with Gasteiger partial charge in [-0.15, -0.1) is 5.10 Å². The number of likely N-dealkylation sites (tertiary alicyclic amines) is 1. The Kier molecular flexibility index (Phi) is 7.34. The van der Waals surface area contributed by atoms with Crippen molar-refractivity contribution in [2.24, 2.45) is 5.41 Å². The second-order valence-corrected chi connectivity index (χ2v) is 11.1. The number of nitrogens with zero attached hydrogens (tertiary/aromatic N) is 6. The van der Waals surface area contributed by atoms with Crippen molar-refractivity contribution in [2.45, 2.75) is 25.6 Å². The minimum Gasteiger partial charge on any atom is -0.370 e. The van der Waals surface area contributed by atoms with Crippen molar-refractivity contribution in [1.82, 2.24) is 24.5 Å². The smallest absolute Gasteiger partial charge is 0.370 e. The first kappa shape index (κ1) is 26.2. The Hall–Kier alpha value is -2.44. The van der Waals surface area contributed by atoms with Gasteiger partial charge in [0.05, 0.1) is 5.56 Å². The van der Waals surface area contributed by atoms with Gasteiger partial charge in [-0.1, -0.05) is 18.0 Å². The predicted molar refractivity (Wildman–Crippen MR) is 140 cm³/mol. The van der Waals surface area contributed by atoms with Crippen LogP contribution < -0.4 is 9.62 Å². The van der Waals surface area contributed by atoms with Crippen LogP contribution in [0, 0.1) is 5.41 Å². The Morgan fingerprint density at radius 3 is 2.43 bits per heavy atom. The van der Waals surface area contributed by atoms with E-state index in [9.17, 15) is 18.0 Å². The zero-order valence-electron chi connectivity index (χ0n) is 21.3. The molecular weight excluding hydrogens is 503 g/mol. The zero-order chi connectivity index (χ0) is 26.2. The second-order valence-electron chi connectivity index (χ2n) is 10.5. The van der Waals surface area contributed by atoms with Crippen molar-refractivity contribution >= 4 is 29.5 Å². The number of benzene rings is 1. The van der Waals surface area contributed by atoms with E-state index < -0.39 is 11.7 Å². The van der Waals surface area contributed by atoms with Crippen molar-refractivity contribution in [3.8, 4) is 0 Å². The highest BCUT2D eigenvalue weighted by Crippen LogP contribution is 2.44. The van der Waals surface area contributed by atoms with Gasteiger partial charge in [0.1, 0.15) is 0 Å². The maximum absolute atomic E-state index is 13.6. The fourth-order valence-electron chi connectivity index (χ4n) is 5.58. The highest BCUT2D eigenvalue weighted by Gasteiger charge is 2.45. The van der Waals surface area contributed by atoms with Crippen molar-refractivity contribution in [1.29, 1.82) is 0 Å². The molecule has 8 nitrogen and oxygen atoms in total. The first-order chi connectivity index (χ1) is 17.7. The molecule has 1 spiro atoms. The number of piperazine rings is 1. The highest BCUT2D eigenvalue weighted by molar-refractivity contribution is 7.99. The van der Waals surface area contributed by atoms with Gasteiger partial charge in [0.25, 0.3) is 0 Å². The van der Waals surface area contributed by atoms with Gasteiger partial charge in [-0.3, -0.25) is 4.90 Å². The molecule has 12 heteroatoms. The quantitative estimate of drug-likeness (QED) is 0.581. The molecule has 202 valence electrons. The molecule has 0 radical (unpaired) electrons. The number of alkyl halides is 3. The van der Waals surface area contributed by atoms with Crippen molar-refractivity contribution in [3.05, 3.63) is 41.6 Å². The molecule has 3 saturated heterocycles. The van der Waals surface area contributed by atoms with E-state index in [1.54, 1.807) is 23.2 Å². The van der Waals surface area contributed by atoms with Crippen molar-refractivity contribution in [2.75, 3.05) is 75.3 Å². The molecule has 0 aliphatic carbocycles. The Bertz CT molecular complexity index is 1100. The number of carbonyl (C=O) groups excluding carboxylic acids is 1. The number of nitrogens with one attached hydrogen (secondary N) is 1. The largest absolute Gasteiger partial charge is 0.416 e. The summed E-state index contributed by atoms with van der Waals surface area (Å²) in [5.74, 6) is 0.627. The highest BCUT2D eigenvalue weighted by atomic mass is 32.2. The van der Waals surface area contributed by atoms with Gasteiger partial charge in [0.15, 0.2) is 5.82 Å². The molecule has 0 atom stereocenters. The maximum Gasteiger partial charge on any atom is 0.416 e. The summed E-state index contributed by atoms with van der Waals surface area (Å²) < 4.78 is 45.0. The van der Waals surface area contributed by atoms with E-state index in [0.717, 1.165) is 44.6 Å². The molecule has 3 aliphatic heterocycles. The van der Waals surface area contributed by atoms with Crippen LogP contribution >= 0.6 is 11.9 Å². The molecule has 1 aromatic heterocycles. The van der Waals surface area contributed by atoms with Crippen LogP contribution in [-0.4, -0.2) is 96.2 Å². The van der Waals surface area contributed by atoms with Gasteiger partial charge in [-0.25, -0.2) is 4.79 Å². The summed E-state index contributed by atoms with van der Waals surface area (Å²) in [5.41, 5.74) is 1.24. The first-order valence-corrected chi connectivity index (χ1v) is 13.9. The van der Waals surface area contributed by atoms with Crippen LogP contribution in [0.4, 0.5) is 29.5 Å². The number of rotatable bonds is 5. The fourth-order valence-corrected chi connectivity index (χ4v) is 5.90. The van der Waals surface area contributed by atoms with Crippen LogP contribution in [0.5, 0.6) is 0 Å². The van der Waals surface area contributed by atoms with Crippen LogP contribution in [0.1, 0.15) is 24.0 Å². The topological polar surface area (TPSA) is 59.9 Å². The number of piperidine rings is 1. The van der Waals surface area contributed by atoms with Gasteiger partial charge in [0, 0.05) is 75.4 Å². The number of carbonyl (C=O) groups is 1. The lowest BCUT2D eigenvalue weighted by Gasteiger charge is -2.55. The van der Waals surface area contributed by atoms with E-state index in [1.807, 2.05) is 6.26 Å². The van der Waals surface area contributed by atoms with E-state index in [1.165, 1.54) is 28.8 Å². The Morgan fingerprint density at radius 2 is 1.78 bits per heavy atom. The molecule has 1 aromatic carbocycles. The van der Waals surface area contributed by atoms with E-state index in [4.69, 9.17) is 0 Å². The number of halogens is 3. The van der Waals surface area contributed by atoms with Crippen LogP contribution in [0.3, 0.4) is 0 Å². The van der Waals surface area contributed by atoms with E-state index >= 15 is 0 Å². The third kappa shape index (κ3) is 5.70. The second kappa shape index (κ2) is 10.4. The van der Waals surface area contributed by atoms with Gasteiger partial charge in [-0.05, 0) is 50.7 Å². The van der Waals surface area contributed by atoms with Gasteiger partial charge in [0.2, 0.25) is 0 Å². The fraction of sp³-hybridized carbons (Fsp3) is 0.600. The summed E-state index contributed by atoms with van der Waals surface area (Å²) in [6.45, 7) is 6.66. The van der Waals surface area contributed by atoms with E-state index in [0.29, 0.717) is 44.2 Å². The molecule has 1 amide bonds. The number of aromatic nitrogens is 2. The molecule has 3 fully saturated rings. The standard InChI is InChI=1S/C25H34F3N7OS/c1-31-9-6-24(7-10-31)17-34(18-24)21-15-20(25(26,27)28)4-3-19(21)16-32-11-13-33(14-12-32)23(36)35-8-5-22(29-35)30-37-2/h3-5,8,15H,6-7,9-14,16-18H2,1-2H3,(H,29,30). The molecule has 3 aliphatic rings. The average molecular weight is 538 g/mol. The van der Waals surface area contributed by atoms with Gasteiger partial charge < -0.3 is 19.4 Å². The van der Waals surface area contributed by atoms with Crippen LogP contribution in [0.2, 0.25) is 0 Å². The summed E-state index contributed by atoms with van der Waals surface area (Å²) in [5, 5.41) is 4.26. The van der Waals surface area contributed by atoms with Gasteiger partial charge in [-0.2, -0.15) is 17.9 Å². The van der Waals surface area contributed by atoms with E-state index in [-0.39, 0.29) is 11.4 Å². The number of anilines is 2. The minimum atomic E-state index is -4.37. The SMILES string of the molecule is CSNc1ccn(C(=O)N2CCN(Cc3ccc(C(F)(F)F)cc3N3CC4(CCN(C)CC4)C3)CC2)n1. The Morgan fingerprint density at radius 1 is 1.08 bits per heavy atom. The Labute approximate surface area is 219 Å². The number of hydrogen-bond acceptors (Lipinski definition) is 7. The summed E-state index contributed by atoms with van der Waals surface area (Å²) in [4.78, 5) is 21.3. The maximum atomic E-state index is 13.6. The lowest BCUT2D eigenvalue weighted by Crippen LogP contribution is -2.60. The first-order valence-electron chi connectivity index (χ1n) is 12.7. The van der Waals surface area contributed by atoms with Crippen molar-refractivity contribution < 1.29 is 18.0 Å². The van der Waals surface area contributed by atoms with Crippen molar-refractivity contribution in [3.63, 3.8) is 0 Å². The molecule has 5 rings (SSSR count). The summed E-state index contributed by atoms with van der Waals surface area (Å²) in [7, 11) is 2.12. The molecule has 0 unspecified atom stereocenters. The Balaban J connectivity index is 1.24. The molecule has 2 aromatic rings. The third-order valence-electron chi connectivity index (χ3n) is 7.88. The lowest BCUT2D eigenvalue weighted by molar-refractivity contribution is -0.137. The molecule has 1 N–H and O–H groups in total. The predicted octanol–water partition coefficient (Wildman–Crippen LogP) is 3.91. The average Bonchev–Trinajstić information content (AvgIpc) is 3.32. The van der Waals surface area contributed by atoms with Gasteiger partial charge >= 0.3 is 12.2 Å². The summed E-state index contributed by atoms with van der Waals surface area (Å²) >= 11 is 1.41. The summed E-state index contributed by atoms with van der Waals surface area (Å²) in [6.07, 6.45) is 1.35. The molecule has 37 heavy (non-hydrogen) atoms. The third-order valence-corrected chi connectivity index (χ3v) is 8.30. The zero-order valence-corrected chi connectivity index (χ0v) is 22.1. The van der Waals surface area contributed by atoms with Crippen LogP contribution in [-0.2, 0) is 12.7 Å². The lowest BCUT2D eigenvalue weighted by atomic mass is 9.71. The number of hydrogen-bond donors (Lipinski definition) is 1. The minimum absolute atomic E-state index is 0.173. The van der Waals surface area contributed by atoms with Crippen LogP contribution in [0.25, 0.3) is 0 Å². The molecule has 0 saturated carbocycles. The number of amides is 1.